The molecular formula is C19H25N3O. The van der Waals surface area contributed by atoms with Gasteiger partial charge in [-0.15, -0.1) is 0 Å². The molecule has 3 rings (SSSR count). The highest BCUT2D eigenvalue weighted by Crippen LogP contribution is 2.29. The molecule has 1 saturated heterocycles. The first kappa shape index (κ1) is 16.0. The first-order chi connectivity index (χ1) is 11.2. The van der Waals surface area contributed by atoms with Crippen molar-refractivity contribution in [2.75, 3.05) is 20.1 Å². The van der Waals surface area contributed by atoms with Crippen LogP contribution in [0.5, 0.6) is 0 Å². The maximum Gasteiger partial charge on any atom is 0.225 e. The summed E-state index contributed by atoms with van der Waals surface area (Å²) in [6.45, 7) is 2.94. The molecule has 1 aliphatic carbocycles. The average molecular weight is 311 g/mol. The van der Waals surface area contributed by atoms with Crippen LogP contribution in [-0.4, -0.2) is 41.9 Å². The third-order valence-corrected chi connectivity index (χ3v) is 5.32. The number of carbonyl (C=O) groups is 1. The lowest BCUT2D eigenvalue weighted by atomic mass is 9.84. The highest BCUT2D eigenvalue weighted by atomic mass is 16.2. The lowest BCUT2D eigenvalue weighted by Crippen LogP contribution is -2.50. The molecule has 1 aromatic carbocycles. The summed E-state index contributed by atoms with van der Waals surface area (Å²) in [6, 6.07) is 10.3. The number of rotatable bonds is 4. The quantitative estimate of drug-likeness (QED) is 0.859. The number of carbonyl (C=O) groups excluding carboxylic acids is 1. The number of benzene rings is 1. The molecule has 1 unspecified atom stereocenters. The highest BCUT2D eigenvalue weighted by molar-refractivity contribution is 5.79. The minimum absolute atomic E-state index is 0.286. The van der Waals surface area contributed by atoms with Crippen molar-refractivity contribution in [3.05, 3.63) is 35.4 Å². The van der Waals surface area contributed by atoms with Crippen LogP contribution in [0.15, 0.2) is 24.3 Å². The summed E-state index contributed by atoms with van der Waals surface area (Å²) in [5.41, 5.74) is 1.94. The fourth-order valence-corrected chi connectivity index (χ4v) is 3.56. The van der Waals surface area contributed by atoms with Crippen LogP contribution in [0.4, 0.5) is 0 Å². The van der Waals surface area contributed by atoms with Gasteiger partial charge in [-0.25, -0.2) is 0 Å². The third-order valence-electron chi connectivity index (χ3n) is 5.32. The van der Waals surface area contributed by atoms with E-state index in [1.807, 2.05) is 36.2 Å². The smallest absolute Gasteiger partial charge is 0.225 e. The van der Waals surface area contributed by atoms with E-state index in [0.29, 0.717) is 17.5 Å². The van der Waals surface area contributed by atoms with Crippen molar-refractivity contribution in [2.45, 2.75) is 44.7 Å². The van der Waals surface area contributed by atoms with E-state index in [1.54, 1.807) is 0 Å². The first-order valence-corrected chi connectivity index (χ1v) is 8.65. The largest absolute Gasteiger partial charge is 0.341 e. The maximum atomic E-state index is 12.4. The van der Waals surface area contributed by atoms with Crippen molar-refractivity contribution in [2.24, 2.45) is 5.92 Å². The second-order valence-electron chi connectivity index (χ2n) is 6.92. The molecule has 0 aromatic heterocycles. The first-order valence-electron chi connectivity index (χ1n) is 8.65. The topological polar surface area (TPSA) is 47.3 Å². The highest BCUT2D eigenvalue weighted by Gasteiger charge is 2.32. The van der Waals surface area contributed by atoms with E-state index in [9.17, 15) is 4.79 Å². The zero-order valence-corrected chi connectivity index (χ0v) is 13.9. The molecule has 1 atom stereocenters. The standard InChI is InChI=1S/C19H25N3O/c1-21(19(23)17-4-2-5-17)18-6-3-11-22(14-18)13-16-9-7-15(12-20)8-10-16/h7-10,17-18H,2-6,11,13-14H2,1H3. The van der Waals surface area contributed by atoms with E-state index in [4.69, 9.17) is 5.26 Å². The number of nitriles is 1. The van der Waals surface area contributed by atoms with Gasteiger partial charge in [0.2, 0.25) is 5.91 Å². The molecule has 0 spiro atoms. The van der Waals surface area contributed by atoms with Crippen molar-refractivity contribution in [3.63, 3.8) is 0 Å². The number of piperidine rings is 1. The Morgan fingerprint density at radius 3 is 2.61 bits per heavy atom. The van der Waals surface area contributed by atoms with Crippen LogP contribution < -0.4 is 0 Å². The van der Waals surface area contributed by atoms with Crippen LogP contribution >= 0.6 is 0 Å². The lowest BCUT2D eigenvalue weighted by molar-refractivity contribution is -0.140. The Kier molecular flexibility index (Phi) is 4.97. The van der Waals surface area contributed by atoms with Gasteiger partial charge in [0.1, 0.15) is 0 Å². The van der Waals surface area contributed by atoms with Gasteiger partial charge in [0.05, 0.1) is 11.6 Å². The van der Waals surface area contributed by atoms with Gasteiger partial charge in [0, 0.05) is 32.1 Å². The zero-order valence-electron chi connectivity index (χ0n) is 13.9. The molecule has 1 aromatic rings. The van der Waals surface area contributed by atoms with Crippen LogP contribution in [0.1, 0.15) is 43.2 Å². The second kappa shape index (κ2) is 7.14. The van der Waals surface area contributed by atoms with E-state index in [-0.39, 0.29) is 5.92 Å². The van der Waals surface area contributed by atoms with Crippen LogP contribution in [0, 0.1) is 17.2 Å². The molecule has 1 heterocycles. The molecule has 23 heavy (non-hydrogen) atoms. The van der Waals surface area contributed by atoms with Gasteiger partial charge in [-0.05, 0) is 49.9 Å². The summed E-state index contributed by atoms with van der Waals surface area (Å²) in [6.07, 6.45) is 5.61. The zero-order chi connectivity index (χ0) is 16.2. The molecular weight excluding hydrogens is 286 g/mol. The molecule has 122 valence electrons. The predicted octanol–water partition coefficient (Wildman–Crippen LogP) is 2.78. The second-order valence-corrected chi connectivity index (χ2v) is 6.92. The van der Waals surface area contributed by atoms with Crippen LogP contribution in [-0.2, 0) is 11.3 Å². The fraction of sp³-hybridized carbons (Fsp3) is 0.579. The summed E-state index contributed by atoms with van der Waals surface area (Å²) in [5, 5.41) is 8.87. The van der Waals surface area contributed by atoms with Gasteiger partial charge in [-0.3, -0.25) is 9.69 Å². The van der Waals surface area contributed by atoms with Gasteiger partial charge in [0.25, 0.3) is 0 Å². The van der Waals surface area contributed by atoms with Crippen LogP contribution in [0.3, 0.4) is 0 Å². The van der Waals surface area contributed by atoms with E-state index < -0.39 is 0 Å². The van der Waals surface area contributed by atoms with Crippen molar-refractivity contribution in [1.82, 2.24) is 9.80 Å². The summed E-state index contributed by atoms with van der Waals surface area (Å²) < 4.78 is 0. The predicted molar refractivity (Wildman–Crippen MR) is 89.6 cm³/mol. The number of hydrogen-bond acceptors (Lipinski definition) is 3. The Labute approximate surface area is 138 Å². The van der Waals surface area contributed by atoms with Crippen molar-refractivity contribution < 1.29 is 4.79 Å². The Bertz CT molecular complexity index is 586. The lowest BCUT2D eigenvalue weighted by Gasteiger charge is -2.40. The molecule has 0 N–H and O–H groups in total. The third kappa shape index (κ3) is 3.73. The molecule has 1 saturated carbocycles. The minimum atomic E-state index is 0.286. The Morgan fingerprint density at radius 1 is 1.26 bits per heavy atom. The molecule has 1 aliphatic heterocycles. The molecule has 0 radical (unpaired) electrons. The number of likely N-dealkylation sites (tertiary alicyclic amines) is 1. The summed E-state index contributed by atoms with van der Waals surface area (Å²) in [7, 11) is 1.98. The Hall–Kier alpha value is -1.86. The number of nitrogens with zero attached hydrogens (tertiary/aromatic N) is 3. The summed E-state index contributed by atoms with van der Waals surface area (Å²) in [5.74, 6) is 0.635. The molecule has 2 fully saturated rings. The number of likely N-dealkylation sites (N-methyl/N-ethyl adjacent to an activating group) is 1. The van der Waals surface area contributed by atoms with E-state index >= 15 is 0 Å². The monoisotopic (exact) mass is 311 g/mol. The number of amides is 1. The Balaban J connectivity index is 1.56. The number of hydrogen-bond donors (Lipinski definition) is 0. The molecule has 4 heteroatoms. The molecule has 2 aliphatic rings. The fourth-order valence-electron chi connectivity index (χ4n) is 3.56. The van der Waals surface area contributed by atoms with Gasteiger partial charge >= 0.3 is 0 Å². The van der Waals surface area contributed by atoms with Crippen LogP contribution in [0.25, 0.3) is 0 Å². The van der Waals surface area contributed by atoms with Gasteiger partial charge < -0.3 is 4.90 Å². The molecule has 4 nitrogen and oxygen atoms in total. The van der Waals surface area contributed by atoms with Gasteiger partial charge in [-0.2, -0.15) is 5.26 Å². The van der Waals surface area contributed by atoms with E-state index in [2.05, 4.69) is 11.0 Å². The summed E-state index contributed by atoms with van der Waals surface area (Å²) in [4.78, 5) is 16.9. The van der Waals surface area contributed by atoms with E-state index in [1.165, 1.54) is 12.0 Å². The SMILES string of the molecule is CN(C(=O)C1CCC1)C1CCCN(Cc2ccc(C#N)cc2)C1. The molecule has 1 amide bonds. The normalized spacial score (nSPS) is 22.2. The van der Waals surface area contributed by atoms with Crippen LogP contribution in [0.2, 0.25) is 0 Å². The van der Waals surface area contributed by atoms with Crippen molar-refractivity contribution in [3.8, 4) is 6.07 Å². The van der Waals surface area contributed by atoms with Gasteiger partial charge in [-0.1, -0.05) is 18.6 Å². The summed E-state index contributed by atoms with van der Waals surface area (Å²) >= 11 is 0. The van der Waals surface area contributed by atoms with Crippen molar-refractivity contribution >= 4 is 5.91 Å². The average Bonchev–Trinajstić information content (AvgIpc) is 2.53. The van der Waals surface area contributed by atoms with Crippen molar-refractivity contribution in [1.29, 1.82) is 5.26 Å². The maximum absolute atomic E-state index is 12.4. The Morgan fingerprint density at radius 2 is 2.00 bits per heavy atom. The minimum Gasteiger partial charge on any atom is -0.341 e. The molecule has 0 bridgehead atoms. The van der Waals surface area contributed by atoms with Gasteiger partial charge in [0.15, 0.2) is 0 Å². The van der Waals surface area contributed by atoms with E-state index in [0.717, 1.165) is 45.3 Å².